The van der Waals surface area contributed by atoms with Gasteiger partial charge in [0.25, 0.3) is 0 Å². The molecule has 1 aromatic rings. The van der Waals surface area contributed by atoms with Crippen molar-refractivity contribution in [3.63, 3.8) is 0 Å². The van der Waals surface area contributed by atoms with E-state index in [9.17, 15) is 9.59 Å². The van der Waals surface area contributed by atoms with Crippen molar-refractivity contribution in [3.8, 4) is 0 Å². The molecule has 23 heavy (non-hydrogen) atoms. The molecule has 1 aliphatic heterocycles. The first-order valence-electron chi connectivity index (χ1n) is 8.61. The van der Waals surface area contributed by atoms with Crippen LogP contribution in [0.2, 0.25) is 0 Å². The number of likely N-dealkylation sites (tertiary alicyclic amines) is 1. The Balaban J connectivity index is 1.69. The quantitative estimate of drug-likeness (QED) is 0.778. The van der Waals surface area contributed by atoms with E-state index < -0.39 is 0 Å². The van der Waals surface area contributed by atoms with Gasteiger partial charge in [-0.25, -0.2) is 9.48 Å². The summed E-state index contributed by atoms with van der Waals surface area (Å²) in [4.78, 5) is 26.5. The summed E-state index contributed by atoms with van der Waals surface area (Å²) in [5, 5.41) is 4.54. The van der Waals surface area contributed by atoms with Crippen molar-refractivity contribution >= 4 is 5.91 Å². The standard InChI is InChI=1S/C16H26N4O3/c1-3-19-14(17-20(16(19)22)10-11-23-2)12-6-8-18(9-7-12)15(21)13-4-5-13/h12-13H,3-11H2,1-2H3. The smallest absolute Gasteiger partial charge is 0.345 e. The van der Waals surface area contributed by atoms with Gasteiger partial charge >= 0.3 is 5.69 Å². The largest absolute Gasteiger partial charge is 0.383 e. The van der Waals surface area contributed by atoms with Gasteiger partial charge in [0, 0.05) is 38.6 Å². The van der Waals surface area contributed by atoms with Gasteiger partial charge in [-0.3, -0.25) is 9.36 Å². The molecule has 7 nitrogen and oxygen atoms in total. The third-order valence-corrected chi connectivity index (χ3v) is 4.87. The number of carbonyl (C=O) groups excluding carboxylic acids is 1. The second-order valence-corrected chi connectivity index (χ2v) is 6.47. The Kier molecular flexibility index (Phi) is 4.84. The maximum Gasteiger partial charge on any atom is 0.345 e. The van der Waals surface area contributed by atoms with Crippen LogP contribution in [0.3, 0.4) is 0 Å². The predicted molar refractivity (Wildman–Crippen MR) is 85.3 cm³/mol. The predicted octanol–water partition coefficient (Wildman–Crippen LogP) is 0.827. The molecule has 1 saturated heterocycles. The van der Waals surface area contributed by atoms with E-state index in [0.29, 0.717) is 25.6 Å². The minimum atomic E-state index is -0.0592. The van der Waals surface area contributed by atoms with Gasteiger partial charge in [-0.2, -0.15) is 5.10 Å². The third-order valence-electron chi connectivity index (χ3n) is 4.87. The summed E-state index contributed by atoms with van der Waals surface area (Å²) < 4.78 is 8.31. The van der Waals surface area contributed by atoms with Crippen molar-refractivity contribution in [1.82, 2.24) is 19.2 Å². The Bertz CT molecular complexity index is 609. The zero-order valence-corrected chi connectivity index (χ0v) is 14.0. The molecule has 1 amide bonds. The lowest BCUT2D eigenvalue weighted by Gasteiger charge is -2.31. The highest BCUT2D eigenvalue weighted by Gasteiger charge is 2.36. The fourth-order valence-electron chi connectivity index (χ4n) is 3.33. The Morgan fingerprint density at radius 3 is 2.52 bits per heavy atom. The van der Waals surface area contributed by atoms with E-state index in [-0.39, 0.29) is 17.5 Å². The minimum absolute atomic E-state index is 0.0592. The number of carbonyl (C=O) groups is 1. The fourth-order valence-corrected chi connectivity index (χ4v) is 3.33. The molecule has 0 atom stereocenters. The van der Waals surface area contributed by atoms with Gasteiger partial charge in [0.2, 0.25) is 5.91 Å². The SMILES string of the molecule is CCn1c(C2CCN(C(=O)C3CC3)CC2)nn(CCOC)c1=O. The lowest BCUT2D eigenvalue weighted by molar-refractivity contribution is -0.133. The maximum absolute atomic E-state index is 12.4. The number of amides is 1. The van der Waals surface area contributed by atoms with Crippen LogP contribution in [0.4, 0.5) is 0 Å². The van der Waals surface area contributed by atoms with E-state index >= 15 is 0 Å². The van der Waals surface area contributed by atoms with Crippen LogP contribution in [0.1, 0.15) is 44.3 Å². The van der Waals surface area contributed by atoms with Crippen molar-refractivity contribution < 1.29 is 9.53 Å². The number of ether oxygens (including phenoxy) is 1. The van der Waals surface area contributed by atoms with Crippen LogP contribution < -0.4 is 5.69 Å². The molecule has 3 rings (SSSR count). The molecule has 0 bridgehead atoms. The first-order valence-corrected chi connectivity index (χ1v) is 8.61. The van der Waals surface area contributed by atoms with Crippen molar-refractivity contribution in [2.45, 2.75) is 51.6 Å². The number of nitrogens with zero attached hydrogens (tertiary/aromatic N) is 4. The van der Waals surface area contributed by atoms with Crippen LogP contribution in [-0.2, 0) is 22.6 Å². The Morgan fingerprint density at radius 1 is 1.26 bits per heavy atom. The Labute approximate surface area is 136 Å². The Morgan fingerprint density at radius 2 is 1.96 bits per heavy atom. The molecule has 1 saturated carbocycles. The second kappa shape index (κ2) is 6.86. The van der Waals surface area contributed by atoms with Gasteiger partial charge in [-0.1, -0.05) is 0 Å². The van der Waals surface area contributed by atoms with E-state index in [1.807, 2.05) is 11.8 Å². The van der Waals surface area contributed by atoms with Gasteiger partial charge in [-0.15, -0.1) is 0 Å². The summed E-state index contributed by atoms with van der Waals surface area (Å²) in [5.41, 5.74) is -0.0592. The van der Waals surface area contributed by atoms with E-state index in [4.69, 9.17) is 4.74 Å². The summed E-state index contributed by atoms with van der Waals surface area (Å²) in [6.07, 6.45) is 3.88. The van der Waals surface area contributed by atoms with Gasteiger partial charge < -0.3 is 9.64 Å². The molecule has 128 valence electrons. The monoisotopic (exact) mass is 322 g/mol. The topological polar surface area (TPSA) is 69.4 Å². The number of piperidine rings is 1. The van der Waals surface area contributed by atoms with E-state index in [0.717, 1.165) is 44.6 Å². The molecule has 1 aliphatic carbocycles. The summed E-state index contributed by atoms with van der Waals surface area (Å²) in [6, 6.07) is 0. The summed E-state index contributed by atoms with van der Waals surface area (Å²) >= 11 is 0. The number of methoxy groups -OCH3 is 1. The molecule has 0 radical (unpaired) electrons. The molecule has 2 fully saturated rings. The number of rotatable bonds is 6. The lowest BCUT2D eigenvalue weighted by Crippen LogP contribution is -2.39. The Hall–Kier alpha value is -1.63. The first-order chi connectivity index (χ1) is 11.2. The summed E-state index contributed by atoms with van der Waals surface area (Å²) in [7, 11) is 1.62. The van der Waals surface area contributed by atoms with Gasteiger partial charge in [-0.05, 0) is 32.6 Å². The van der Waals surface area contributed by atoms with E-state index in [2.05, 4.69) is 5.10 Å². The molecule has 1 aromatic heterocycles. The van der Waals surface area contributed by atoms with Crippen LogP contribution in [-0.4, -0.2) is 52.0 Å². The van der Waals surface area contributed by atoms with Crippen LogP contribution in [0.25, 0.3) is 0 Å². The highest BCUT2D eigenvalue weighted by atomic mass is 16.5. The van der Waals surface area contributed by atoms with Gasteiger partial charge in [0.15, 0.2) is 0 Å². The fraction of sp³-hybridized carbons (Fsp3) is 0.812. The van der Waals surface area contributed by atoms with Crippen molar-refractivity contribution in [3.05, 3.63) is 16.3 Å². The normalized spacial score (nSPS) is 19.3. The molecular formula is C16H26N4O3. The summed E-state index contributed by atoms with van der Waals surface area (Å²) in [5.74, 6) is 1.73. The van der Waals surface area contributed by atoms with Crippen LogP contribution >= 0.6 is 0 Å². The molecule has 7 heteroatoms. The highest BCUT2D eigenvalue weighted by molar-refractivity contribution is 5.81. The first kappa shape index (κ1) is 16.2. The zero-order valence-electron chi connectivity index (χ0n) is 14.0. The summed E-state index contributed by atoms with van der Waals surface area (Å²) in [6.45, 7) is 5.12. The molecule has 0 N–H and O–H groups in total. The van der Waals surface area contributed by atoms with Crippen molar-refractivity contribution in [2.75, 3.05) is 26.8 Å². The van der Waals surface area contributed by atoms with Crippen molar-refractivity contribution in [2.24, 2.45) is 5.92 Å². The maximum atomic E-state index is 12.4. The van der Waals surface area contributed by atoms with Crippen LogP contribution in [0.5, 0.6) is 0 Å². The molecule has 0 unspecified atom stereocenters. The van der Waals surface area contributed by atoms with Crippen molar-refractivity contribution in [1.29, 1.82) is 0 Å². The van der Waals surface area contributed by atoms with E-state index in [1.54, 1.807) is 11.7 Å². The van der Waals surface area contributed by atoms with E-state index in [1.165, 1.54) is 4.68 Å². The lowest BCUT2D eigenvalue weighted by atomic mass is 9.95. The molecule has 0 spiro atoms. The average molecular weight is 322 g/mol. The molecule has 2 aliphatic rings. The highest BCUT2D eigenvalue weighted by Crippen LogP contribution is 2.33. The number of hydrogen-bond donors (Lipinski definition) is 0. The number of aromatic nitrogens is 3. The molecule has 0 aromatic carbocycles. The van der Waals surface area contributed by atoms with Gasteiger partial charge in [0.1, 0.15) is 5.82 Å². The molecular weight excluding hydrogens is 296 g/mol. The second-order valence-electron chi connectivity index (χ2n) is 6.47. The minimum Gasteiger partial charge on any atom is -0.383 e. The third kappa shape index (κ3) is 3.34. The molecule has 2 heterocycles. The van der Waals surface area contributed by atoms with Gasteiger partial charge in [0.05, 0.1) is 13.2 Å². The van der Waals surface area contributed by atoms with Crippen LogP contribution in [0.15, 0.2) is 4.79 Å². The number of hydrogen-bond acceptors (Lipinski definition) is 4. The van der Waals surface area contributed by atoms with Crippen LogP contribution in [0, 0.1) is 5.92 Å². The average Bonchev–Trinajstić information content (AvgIpc) is 3.37. The zero-order chi connectivity index (χ0) is 16.4.